The summed E-state index contributed by atoms with van der Waals surface area (Å²) < 4.78 is 9.79. The molecule has 2 aromatic rings. The van der Waals surface area contributed by atoms with Crippen molar-refractivity contribution in [1.82, 2.24) is 16.0 Å². The SMILES string of the molecule is COC(=O)[C@H](CNC(=O)OC(C)(C)C)NC(=O)c1sc(C(=O)NCc2cccc(O)c2)cc1N. The number of alkyl carbamates (subject to hydrolysis) is 1. The first kappa shape index (κ1) is 26.5. The summed E-state index contributed by atoms with van der Waals surface area (Å²) in [5.41, 5.74) is 5.91. The number of amides is 3. The average molecular weight is 493 g/mol. The molecule has 0 aliphatic rings. The zero-order valence-corrected chi connectivity index (χ0v) is 20.1. The van der Waals surface area contributed by atoms with E-state index in [9.17, 15) is 24.3 Å². The number of thiophene rings is 1. The first-order valence-electron chi connectivity index (χ1n) is 10.2. The van der Waals surface area contributed by atoms with Crippen LogP contribution in [0.15, 0.2) is 30.3 Å². The summed E-state index contributed by atoms with van der Waals surface area (Å²) in [7, 11) is 1.14. The van der Waals surface area contributed by atoms with Crippen LogP contribution in [0.25, 0.3) is 0 Å². The number of methoxy groups -OCH3 is 1. The molecule has 0 aliphatic carbocycles. The molecule has 0 bridgehead atoms. The highest BCUT2D eigenvalue weighted by molar-refractivity contribution is 7.16. The molecule has 0 fully saturated rings. The number of hydrogen-bond donors (Lipinski definition) is 5. The molecule has 0 unspecified atom stereocenters. The van der Waals surface area contributed by atoms with Crippen molar-refractivity contribution < 1.29 is 33.8 Å². The number of phenols is 1. The Balaban J connectivity index is 2.03. The van der Waals surface area contributed by atoms with Gasteiger partial charge in [-0.3, -0.25) is 9.59 Å². The predicted octanol–water partition coefficient (Wildman–Crippen LogP) is 1.76. The average Bonchev–Trinajstić information content (AvgIpc) is 3.15. The van der Waals surface area contributed by atoms with E-state index in [-0.39, 0.29) is 34.3 Å². The number of nitrogens with one attached hydrogen (secondary N) is 3. The number of esters is 1. The van der Waals surface area contributed by atoms with Crippen LogP contribution in [0.1, 0.15) is 45.7 Å². The van der Waals surface area contributed by atoms with Crippen LogP contribution in [0, 0.1) is 0 Å². The fourth-order valence-electron chi connectivity index (χ4n) is 2.69. The van der Waals surface area contributed by atoms with Crippen molar-refractivity contribution in [3.8, 4) is 5.75 Å². The number of aromatic hydroxyl groups is 1. The molecule has 1 heterocycles. The van der Waals surface area contributed by atoms with E-state index in [0.717, 1.165) is 18.4 Å². The topological polar surface area (TPSA) is 169 Å². The Morgan fingerprint density at radius 2 is 1.82 bits per heavy atom. The highest BCUT2D eigenvalue weighted by Crippen LogP contribution is 2.25. The third-order valence-electron chi connectivity index (χ3n) is 4.19. The van der Waals surface area contributed by atoms with Crippen molar-refractivity contribution in [3.05, 3.63) is 45.6 Å². The molecule has 6 N–H and O–H groups in total. The van der Waals surface area contributed by atoms with Gasteiger partial charge in [0.2, 0.25) is 0 Å². The molecular formula is C22H28N4O7S. The Bertz CT molecular complexity index is 1060. The first-order chi connectivity index (χ1) is 15.9. The van der Waals surface area contributed by atoms with Crippen molar-refractivity contribution in [2.45, 2.75) is 39.0 Å². The summed E-state index contributed by atoms with van der Waals surface area (Å²) in [6, 6.07) is 6.55. The number of rotatable bonds is 8. The molecule has 0 aliphatic heterocycles. The van der Waals surface area contributed by atoms with Gasteiger partial charge in [0.1, 0.15) is 22.3 Å². The van der Waals surface area contributed by atoms with Crippen molar-refractivity contribution in [2.75, 3.05) is 19.4 Å². The molecule has 2 rings (SSSR count). The van der Waals surface area contributed by atoms with E-state index in [2.05, 4.69) is 20.7 Å². The Labute approximate surface area is 200 Å². The normalized spacial score (nSPS) is 11.8. The smallest absolute Gasteiger partial charge is 0.407 e. The highest BCUT2D eigenvalue weighted by atomic mass is 32.1. The van der Waals surface area contributed by atoms with Crippen molar-refractivity contribution in [2.24, 2.45) is 0 Å². The Hall–Kier alpha value is -3.80. The molecule has 3 amide bonds. The van der Waals surface area contributed by atoms with Crippen molar-refractivity contribution >= 4 is 40.9 Å². The number of nitrogens with two attached hydrogens (primary N) is 1. The molecule has 11 nitrogen and oxygen atoms in total. The Kier molecular flexibility index (Phi) is 8.84. The van der Waals surface area contributed by atoms with E-state index in [1.54, 1.807) is 32.9 Å². The van der Waals surface area contributed by atoms with Gasteiger partial charge >= 0.3 is 12.1 Å². The summed E-state index contributed by atoms with van der Waals surface area (Å²) >= 11 is 0.845. The number of ether oxygens (including phenoxy) is 2. The van der Waals surface area contributed by atoms with E-state index < -0.39 is 35.5 Å². The van der Waals surface area contributed by atoms with Crippen molar-refractivity contribution in [1.29, 1.82) is 0 Å². The third kappa shape index (κ3) is 7.96. The van der Waals surface area contributed by atoms with Gasteiger partial charge in [-0.1, -0.05) is 12.1 Å². The maximum atomic E-state index is 12.7. The number of benzene rings is 1. The molecule has 1 aromatic heterocycles. The number of anilines is 1. The van der Waals surface area contributed by atoms with Crippen LogP contribution in [-0.4, -0.2) is 54.3 Å². The quantitative estimate of drug-likeness (QED) is 0.347. The molecule has 0 radical (unpaired) electrons. The zero-order valence-electron chi connectivity index (χ0n) is 19.3. The largest absolute Gasteiger partial charge is 0.508 e. The van der Waals surface area contributed by atoms with Gasteiger partial charge in [0.25, 0.3) is 11.8 Å². The van der Waals surface area contributed by atoms with E-state index in [1.807, 2.05) is 0 Å². The lowest BCUT2D eigenvalue weighted by molar-refractivity contribution is -0.142. The highest BCUT2D eigenvalue weighted by Gasteiger charge is 2.27. The van der Waals surface area contributed by atoms with E-state index in [4.69, 9.17) is 10.5 Å². The molecule has 1 atom stereocenters. The second-order valence-corrected chi connectivity index (χ2v) is 9.23. The molecule has 0 spiro atoms. The number of hydrogen-bond acceptors (Lipinski definition) is 9. The Morgan fingerprint density at radius 1 is 1.12 bits per heavy atom. The van der Waals surface area contributed by atoms with Crippen LogP contribution in [-0.2, 0) is 20.8 Å². The molecule has 12 heteroatoms. The number of phenolic OH excluding ortho intramolecular Hbond substituents is 1. The second-order valence-electron chi connectivity index (χ2n) is 8.18. The molecule has 184 valence electrons. The van der Waals surface area contributed by atoms with Gasteiger partial charge in [0, 0.05) is 6.54 Å². The van der Waals surface area contributed by atoms with Gasteiger partial charge in [-0.2, -0.15) is 0 Å². The van der Waals surface area contributed by atoms with Crippen LogP contribution < -0.4 is 21.7 Å². The van der Waals surface area contributed by atoms with E-state index in [1.165, 1.54) is 18.2 Å². The third-order valence-corrected chi connectivity index (χ3v) is 5.34. The molecule has 0 saturated heterocycles. The minimum absolute atomic E-state index is 0.0219. The van der Waals surface area contributed by atoms with Gasteiger partial charge in [-0.05, 0) is 44.5 Å². The minimum atomic E-state index is -1.21. The fourth-order valence-corrected chi connectivity index (χ4v) is 3.59. The second kappa shape index (κ2) is 11.4. The molecule has 0 saturated carbocycles. The maximum Gasteiger partial charge on any atom is 0.407 e. The van der Waals surface area contributed by atoms with Gasteiger partial charge in [-0.15, -0.1) is 11.3 Å². The molecule has 34 heavy (non-hydrogen) atoms. The maximum absolute atomic E-state index is 12.7. The lowest BCUT2D eigenvalue weighted by Crippen LogP contribution is -2.49. The van der Waals surface area contributed by atoms with Crippen LogP contribution in [0.3, 0.4) is 0 Å². The van der Waals surface area contributed by atoms with Crippen LogP contribution in [0.5, 0.6) is 5.75 Å². The Morgan fingerprint density at radius 3 is 2.44 bits per heavy atom. The summed E-state index contributed by atoms with van der Waals surface area (Å²) in [6.07, 6.45) is -0.767. The van der Waals surface area contributed by atoms with E-state index >= 15 is 0 Å². The summed E-state index contributed by atoms with van der Waals surface area (Å²) in [5, 5.41) is 17.0. The number of nitrogen functional groups attached to an aromatic ring is 1. The van der Waals surface area contributed by atoms with Gasteiger partial charge in [-0.25, -0.2) is 9.59 Å². The number of carbonyl (C=O) groups is 4. The molecular weight excluding hydrogens is 464 g/mol. The van der Waals surface area contributed by atoms with Crippen LogP contribution >= 0.6 is 11.3 Å². The van der Waals surface area contributed by atoms with Crippen LogP contribution in [0.2, 0.25) is 0 Å². The lowest BCUT2D eigenvalue weighted by Gasteiger charge is -2.21. The minimum Gasteiger partial charge on any atom is -0.508 e. The first-order valence-corrected chi connectivity index (χ1v) is 11.0. The van der Waals surface area contributed by atoms with Crippen LogP contribution in [0.4, 0.5) is 10.5 Å². The monoisotopic (exact) mass is 492 g/mol. The zero-order chi connectivity index (χ0) is 25.5. The van der Waals surface area contributed by atoms with Crippen molar-refractivity contribution in [3.63, 3.8) is 0 Å². The lowest BCUT2D eigenvalue weighted by atomic mass is 10.2. The van der Waals surface area contributed by atoms with Gasteiger partial charge < -0.3 is 36.3 Å². The van der Waals surface area contributed by atoms with E-state index in [0.29, 0.717) is 5.56 Å². The fraction of sp³-hybridized carbons (Fsp3) is 0.364. The standard InChI is InChI=1S/C22H28N4O7S/c1-22(2,3)33-21(31)25-11-15(20(30)32-4)26-19(29)17-14(23)9-16(34-17)18(28)24-10-12-6-5-7-13(27)8-12/h5-9,15,27H,10-11,23H2,1-4H3,(H,24,28)(H,25,31)(H,26,29)/t15-/m0/s1. The van der Waals surface area contributed by atoms with Gasteiger partial charge in [0.05, 0.1) is 24.2 Å². The van der Waals surface area contributed by atoms with Gasteiger partial charge in [0.15, 0.2) is 0 Å². The summed E-state index contributed by atoms with van der Waals surface area (Å²) in [4.78, 5) is 49.4. The predicted molar refractivity (Wildman–Crippen MR) is 126 cm³/mol. The molecule has 1 aromatic carbocycles. The number of carbonyl (C=O) groups excluding carboxylic acids is 4. The summed E-state index contributed by atoms with van der Waals surface area (Å²) in [5.74, 6) is -1.89. The summed E-state index contributed by atoms with van der Waals surface area (Å²) in [6.45, 7) is 4.93.